The third-order valence-corrected chi connectivity index (χ3v) is 6.87. The summed E-state index contributed by atoms with van der Waals surface area (Å²) in [6.45, 7) is 5.56. The Morgan fingerprint density at radius 3 is 2.82 bits per heavy atom. The minimum atomic E-state index is -0.295. The lowest BCUT2D eigenvalue weighted by atomic mass is 9.96. The molecule has 1 aromatic heterocycles. The highest BCUT2D eigenvalue weighted by Crippen LogP contribution is 2.20. The van der Waals surface area contributed by atoms with Gasteiger partial charge in [-0.3, -0.25) is 4.79 Å². The molecule has 2 heterocycles. The monoisotopic (exact) mass is 464 g/mol. The molecule has 33 heavy (non-hydrogen) atoms. The number of aromatic nitrogens is 3. The van der Waals surface area contributed by atoms with Crippen molar-refractivity contribution in [2.45, 2.75) is 90.1 Å². The average Bonchev–Trinajstić information content (AvgIpc) is 3.26. The Morgan fingerprint density at radius 2 is 2.09 bits per heavy atom. The molecule has 10 heteroatoms. The molecule has 1 aromatic rings. The summed E-state index contributed by atoms with van der Waals surface area (Å²) >= 11 is 0. The largest absolute Gasteiger partial charge is 0.394 e. The van der Waals surface area contributed by atoms with E-state index in [2.05, 4.69) is 15.6 Å². The molecule has 1 aliphatic heterocycles. The first-order valence-corrected chi connectivity index (χ1v) is 12.3. The van der Waals surface area contributed by atoms with Gasteiger partial charge in [0.15, 0.2) is 0 Å². The molecule has 3 amide bonds. The number of aliphatic hydroxyl groups excluding tert-OH is 1. The van der Waals surface area contributed by atoms with Gasteiger partial charge in [-0.2, -0.15) is 0 Å². The fourth-order valence-corrected chi connectivity index (χ4v) is 4.63. The quantitative estimate of drug-likeness (QED) is 0.687. The number of carbonyl (C=O) groups is 2. The number of carbonyl (C=O) groups excluding carboxylic acids is 2. The molecule has 1 fully saturated rings. The molecule has 3 atom stereocenters. The molecule has 0 unspecified atom stereocenters. The normalized spacial score (nSPS) is 24.4. The van der Waals surface area contributed by atoms with Gasteiger partial charge in [-0.05, 0) is 26.2 Å². The van der Waals surface area contributed by atoms with Crippen LogP contribution in [0.5, 0.6) is 0 Å². The zero-order valence-electron chi connectivity index (χ0n) is 20.3. The number of ether oxygens (including phenoxy) is 1. The van der Waals surface area contributed by atoms with E-state index in [-0.39, 0.29) is 42.7 Å². The predicted octanol–water partition coefficient (Wildman–Crippen LogP) is 1.78. The maximum Gasteiger partial charge on any atom is 0.317 e. The van der Waals surface area contributed by atoms with Crippen molar-refractivity contribution in [2.75, 3.05) is 26.7 Å². The molecule has 10 nitrogen and oxygen atoms in total. The number of fused-ring (bicyclic) bond motifs is 1. The Balaban J connectivity index is 1.72. The van der Waals surface area contributed by atoms with Gasteiger partial charge in [-0.15, -0.1) is 5.10 Å². The molecule has 1 aliphatic carbocycles. The maximum atomic E-state index is 12.9. The molecule has 1 saturated carbocycles. The summed E-state index contributed by atoms with van der Waals surface area (Å²) < 4.78 is 8.07. The molecule has 0 radical (unpaired) electrons. The van der Waals surface area contributed by atoms with Crippen LogP contribution in [0.1, 0.15) is 64.5 Å². The highest BCUT2D eigenvalue weighted by atomic mass is 16.5. The maximum absolute atomic E-state index is 12.9. The number of nitrogens with one attached hydrogen (secondary N) is 1. The fraction of sp³-hybridized carbons (Fsp3) is 0.826. The summed E-state index contributed by atoms with van der Waals surface area (Å²) in [6.07, 6.45) is 8.04. The Hall–Kier alpha value is -2.20. The third-order valence-electron chi connectivity index (χ3n) is 6.87. The summed E-state index contributed by atoms with van der Waals surface area (Å²) in [5.74, 6) is -0.0376. The standard InChI is InChI=1S/C23H40N6O4/c1-17-13-28(18(2)15-30)22(31)10-7-11-29-20(12-24-26-29)16-33-21(17)14-27(3)23(32)25-19-8-5-4-6-9-19/h12,17-19,21,30H,4-11,13-16H2,1-3H3,(H,25,32)/t17-,18+,21-/m1/s1. The number of urea groups is 1. The van der Waals surface area contributed by atoms with E-state index in [0.29, 0.717) is 39.1 Å². The molecule has 2 aliphatic rings. The van der Waals surface area contributed by atoms with Gasteiger partial charge >= 0.3 is 6.03 Å². The van der Waals surface area contributed by atoms with Crippen LogP contribution in [0.25, 0.3) is 0 Å². The zero-order chi connectivity index (χ0) is 23.8. The van der Waals surface area contributed by atoms with Gasteiger partial charge in [0.25, 0.3) is 0 Å². The van der Waals surface area contributed by atoms with Crippen LogP contribution in [0, 0.1) is 5.92 Å². The number of rotatable bonds is 5. The predicted molar refractivity (Wildman–Crippen MR) is 123 cm³/mol. The smallest absolute Gasteiger partial charge is 0.317 e. The van der Waals surface area contributed by atoms with Gasteiger partial charge in [0.1, 0.15) is 0 Å². The van der Waals surface area contributed by atoms with Gasteiger partial charge in [-0.1, -0.05) is 31.4 Å². The van der Waals surface area contributed by atoms with E-state index in [1.807, 2.05) is 13.8 Å². The number of hydrogen-bond acceptors (Lipinski definition) is 6. The first-order valence-electron chi connectivity index (χ1n) is 12.3. The molecule has 0 bridgehead atoms. The molecular formula is C23H40N6O4. The van der Waals surface area contributed by atoms with Crippen molar-refractivity contribution in [3.8, 4) is 0 Å². The van der Waals surface area contributed by atoms with Crippen molar-refractivity contribution < 1.29 is 19.4 Å². The van der Waals surface area contributed by atoms with Crippen LogP contribution in [0.2, 0.25) is 0 Å². The first-order chi connectivity index (χ1) is 15.9. The van der Waals surface area contributed by atoms with Crippen LogP contribution >= 0.6 is 0 Å². The van der Waals surface area contributed by atoms with E-state index in [1.54, 1.807) is 27.7 Å². The Labute approximate surface area is 196 Å². The van der Waals surface area contributed by atoms with Crippen molar-refractivity contribution in [1.29, 1.82) is 0 Å². The summed E-state index contributed by atoms with van der Waals surface area (Å²) in [6, 6.07) is -0.132. The zero-order valence-corrected chi connectivity index (χ0v) is 20.3. The van der Waals surface area contributed by atoms with E-state index >= 15 is 0 Å². The fourth-order valence-electron chi connectivity index (χ4n) is 4.63. The number of hydrogen-bond donors (Lipinski definition) is 2. The van der Waals surface area contributed by atoms with E-state index in [9.17, 15) is 14.7 Å². The van der Waals surface area contributed by atoms with Crippen molar-refractivity contribution in [3.63, 3.8) is 0 Å². The molecule has 0 spiro atoms. The van der Waals surface area contributed by atoms with Gasteiger partial charge in [-0.25, -0.2) is 9.48 Å². The lowest BCUT2D eigenvalue weighted by Gasteiger charge is -2.36. The number of aryl methyl sites for hydroxylation is 1. The van der Waals surface area contributed by atoms with Crippen LogP contribution < -0.4 is 5.32 Å². The highest BCUT2D eigenvalue weighted by molar-refractivity contribution is 5.76. The minimum absolute atomic E-state index is 0.00721. The van der Waals surface area contributed by atoms with Crippen molar-refractivity contribution in [1.82, 2.24) is 30.1 Å². The first kappa shape index (κ1) is 25.4. The number of amides is 3. The molecular weight excluding hydrogens is 424 g/mol. The second-order valence-electron chi connectivity index (χ2n) is 9.62. The molecule has 0 saturated heterocycles. The van der Waals surface area contributed by atoms with Crippen LogP contribution in [-0.4, -0.2) is 86.8 Å². The number of aliphatic hydroxyl groups is 1. The van der Waals surface area contributed by atoms with Crippen molar-refractivity contribution >= 4 is 11.9 Å². The highest BCUT2D eigenvalue weighted by Gasteiger charge is 2.29. The van der Waals surface area contributed by atoms with Crippen molar-refractivity contribution in [2.24, 2.45) is 5.92 Å². The summed E-state index contributed by atoms with van der Waals surface area (Å²) in [5.41, 5.74) is 0.857. The van der Waals surface area contributed by atoms with E-state index in [4.69, 9.17) is 4.74 Å². The lowest BCUT2D eigenvalue weighted by Crippen LogP contribution is -2.50. The topological polar surface area (TPSA) is 113 Å². The van der Waals surface area contributed by atoms with Crippen molar-refractivity contribution in [3.05, 3.63) is 11.9 Å². The molecule has 2 N–H and O–H groups in total. The Bertz CT molecular complexity index is 766. The third kappa shape index (κ3) is 7.14. The van der Waals surface area contributed by atoms with Crippen LogP contribution in [0.15, 0.2) is 6.20 Å². The van der Waals surface area contributed by atoms with Gasteiger partial charge in [0, 0.05) is 45.1 Å². The SMILES string of the molecule is C[C@@H]1CN([C@@H](C)CO)C(=O)CCCn2nncc2CO[C@@H]1CN(C)C(=O)NC1CCCCC1. The second kappa shape index (κ2) is 12.3. The summed E-state index contributed by atoms with van der Waals surface area (Å²) in [4.78, 5) is 29.2. The molecule has 186 valence electrons. The Morgan fingerprint density at radius 1 is 1.33 bits per heavy atom. The van der Waals surface area contributed by atoms with Crippen LogP contribution in [0.3, 0.4) is 0 Å². The molecule has 0 aromatic carbocycles. The number of likely N-dealkylation sites (N-methyl/N-ethyl adjacent to an activating group) is 1. The second-order valence-corrected chi connectivity index (χ2v) is 9.62. The number of nitrogens with zero attached hydrogens (tertiary/aromatic N) is 5. The van der Waals surface area contributed by atoms with Gasteiger partial charge < -0.3 is 25.0 Å². The molecule has 3 rings (SSSR count). The minimum Gasteiger partial charge on any atom is -0.394 e. The van der Waals surface area contributed by atoms with Gasteiger partial charge in [0.05, 0.1) is 37.3 Å². The lowest BCUT2D eigenvalue weighted by molar-refractivity contribution is -0.136. The van der Waals surface area contributed by atoms with E-state index < -0.39 is 0 Å². The van der Waals surface area contributed by atoms with E-state index in [1.165, 1.54) is 6.42 Å². The summed E-state index contributed by atoms with van der Waals surface area (Å²) in [5, 5.41) is 21.0. The van der Waals surface area contributed by atoms with E-state index in [0.717, 1.165) is 31.4 Å². The average molecular weight is 465 g/mol. The van der Waals surface area contributed by atoms with Crippen LogP contribution in [-0.2, 0) is 22.7 Å². The summed E-state index contributed by atoms with van der Waals surface area (Å²) in [7, 11) is 1.79. The van der Waals surface area contributed by atoms with Crippen LogP contribution in [0.4, 0.5) is 4.79 Å². The van der Waals surface area contributed by atoms with Gasteiger partial charge in [0.2, 0.25) is 5.91 Å². The Kier molecular flexibility index (Phi) is 9.49.